The third-order valence-electron chi connectivity index (χ3n) is 19.1. The molecular weight excluding hydrogens is 713 g/mol. The number of ether oxygens (including phenoxy) is 1. The van der Waals surface area contributed by atoms with Crippen LogP contribution in [0.3, 0.4) is 0 Å². The third kappa shape index (κ3) is 6.86. The molecule has 0 unspecified atom stereocenters. The molecule has 0 aromatic heterocycles. The van der Waals surface area contributed by atoms with Gasteiger partial charge in [0.2, 0.25) is 0 Å². The number of hydrogen-bond donors (Lipinski definition) is 3. The fourth-order valence-corrected chi connectivity index (χ4v) is 16.6. The number of hydrogen-bond acceptors (Lipinski definition) is 8. The summed E-state index contributed by atoms with van der Waals surface area (Å²) in [5.74, 6) is 2.12. The summed E-state index contributed by atoms with van der Waals surface area (Å²) >= 11 is 0. The number of carbonyl (C=O) groups excluding carboxylic acids is 1. The van der Waals surface area contributed by atoms with Gasteiger partial charge in [-0.25, -0.2) is 8.42 Å². The van der Waals surface area contributed by atoms with E-state index in [0.29, 0.717) is 42.2 Å². The van der Waals surface area contributed by atoms with Crippen LogP contribution in [-0.2, 0) is 24.2 Å². The number of aliphatic carboxylic acids is 1. The Morgan fingerprint density at radius 3 is 2.13 bits per heavy atom. The van der Waals surface area contributed by atoms with Gasteiger partial charge in [0.1, 0.15) is 6.10 Å². The SMILES string of the molecule is C[C@@H](O)[C@@H](CCN[C@]12CC[C@@H](C3(C)CC3)[C@@H]1[C@H]1CC[C@@H]3[C@@]4(C)CC[C@H](OC(=O)CC(C)(C)C(=O)O)C(C)(C)[C@@H]4CC[C@@]3(C)[C@]1(C)CC2)N1CCS(=O)(=O)CC1. The minimum atomic E-state index is -2.97. The lowest BCUT2D eigenvalue weighted by Gasteiger charge is -2.73. The molecule has 6 saturated carbocycles. The second-order valence-corrected chi connectivity index (χ2v) is 24.9. The van der Waals surface area contributed by atoms with Crippen LogP contribution < -0.4 is 5.32 Å². The van der Waals surface area contributed by atoms with Gasteiger partial charge in [-0.05, 0) is 162 Å². The van der Waals surface area contributed by atoms with E-state index in [9.17, 15) is 28.2 Å². The Morgan fingerprint density at radius 1 is 0.836 bits per heavy atom. The van der Waals surface area contributed by atoms with Crippen molar-refractivity contribution in [3.8, 4) is 0 Å². The predicted molar refractivity (Wildman–Crippen MR) is 216 cm³/mol. The van der Waals surface area contributed by atoms with Gasteiger partial charge in [0.15, 0.2) is 9.84 Å². The standard InChI is InChI=1S/C45H76N2O7S/c1-29(48)32(47-24-26-55(52,53)27-25-47)15-23-46-45-18-12-30(41(6)19-20-41)37(45)31-10-11-34-42(7)16-14-35(54-36(49)28-39(2,3)38(50)51)40(4,5)33(42)13-17-44(34,9)43(31,8)21-22-45/h29-35,37,46,48H,10-28H2,1-9H3,(H,50,51)/t29-,30-,31-,32-,33+,34-,35+,37-,42+,43-,44-,45+/m1/s1. The Kier molecular flexibility index (Phi) is 10.6. The van der Waals surface area contributed by atoms with Crippen LogP contribution in [0.2, 0.25) is 0 Å². The van der Waals surface area contributed by atoms with Gasteiger partial charge in [0.05, 0.1) is 29.4 Å². The topological polar surface area (TPSA) is 133 Å². The van der Waals surface area contributed by atoms with Gasteiger partial charge in [-0.3, -0.25) is 14.5 Å². The molecule has 3 N–H and O–H groups in total. The Labute approximate surface area is 333 Å². The van der Waals surface area contributed by atoms with Gasteiger partial charge >= 0.3 is 11.9 Å². The summed E-state index contributed by atoms with van der Waals surface area (Å²) in [7, 11) is -2.97. The molecule has 12 atom stereocenters. The Bertz CT molecular complexity index is 1590. The lowest BCUT2D eigenvalue weighted by atomic mass is 9.32. The molecule has 7 fully saturated rings. The number of nitrogens with zero attached hydrogens (tertiary/aromatic N) is 1. The van der Waals surface area contributed by atoms with E-state index in [2.05, 4.69) is 51.8 Å². The minimum absolute atomic E-state index is 0.0328. The first-order valence-corrected chi connectivity index (χ1v) is 24.1. The first-order valence-electron chi connectivity index (χ1n) is 22.3. The van der Waals surface area contributed by atoms with Gasteiger partial charge in [0, 0.05) is 30.1 Å². The molecule has 0 bridgehead atoms. The van der Waals surface area contributed by atoms with Gasteiger partial charge in [-0.1, -0.05) is 41.5 Å². The van der Waals surface area contributed by atoms with E-state index in [1.54, 1.807) is 13.8 Å². The summed E-state index contributed by atoms with van der Waals surface area (Å²) in [5, 5.41) is 24.8. The summed E-state index contributed by atoms with van der Waals surface area (Å²) in [4.78, 5) is 27.2. The lowest BCUT2D eigenvalue weighted by Crippen LogP contribution is -2.69. The molecule has 6 aliphatic carbocycles. The van der Waals surface area contributed by atoms with E-state index in [1.165, 1.54) is 57.8 Å². The van der Waals surface area contributed by atoms with Crippen molar-refractivity contribution in [2.45, 2.75) is 176 Å². The van der Waals surface area contributed by atoms with Crippen LogP contribution in [-0.4, -0.2) is 90.4 Å². The molecule has 0 radical (unpaired) electrons. The average Bonchev–Trinajstić information content (AvgIpc) is 3.71. The summed E-state index contributed by atoms with van der Waals surface area (Å²) < 4.78 is 30.6. The second kappa shape index (κ2) is 13.9. The molecule has 0 amide bonds. The highest BCUT2D eigenvalue weighted by Gasteiger charge is 2.72. The molecule has 55 heavy (non-hydrogen) atoms. The molecule has 314 valence electrons. The number of sulfone groups is 1. The molecule has 1 saturated heterocycles. The van der Waals surface area contributed by atoms with Crippen LogP contribution >= 0.6 is 0 Å². The van der Waals surface area contributed by atoms with Crippen LogP contribution in [0.25, 0.3) is 0 Å². The van der Waals surface area contributed by atoms with Crippen LogP contribution in [0.15, 0.2) is 0 Å². The molecule has 10 heteroatoms. The van der Waals surface area contributed by atoms with E-state index < -0.39 is 27.3 Å². The molecule has 0 aromatic rings. The number of rotatable bonds is 11. The fourth-order valence-electron chi connectivity index (χ4n) is 15.3. The van der Waals surface area contributed by atoms with Crippen LogP contribution in [0, 0.1) is 62.1 Å². The number of carboxylic acids is 1. The zero-order valence-corrected chi connectivity index (χ0v) is 36.7. The molecule has 1 aliphatic heterocycles. The number of nitrogens with one attached hydrogen (secondary N) is 1. The van der Waals surface area contributed by atoms with Crippen LogP contribution in [0.4, 0.5) is 0 Å². The van der Waals surface area contributed by atoms with Gasteiger partial charge in [-0.15, -0.1) is 0 Å². The largest absolute Gasteiger partial charge is 0.481 e. The number of fused-ring (bicyclic) bond motifs is 7. The van der Waals surface area contributed by atoms with E-state index in [1.807, 2.05) is 6.92 Å². The maximum absolute atomic E-state index is 13.2. The number of esters is 1. The predicted octanol–water partition coefficient (Wildman–Crippen LogP) is 7.49. The van der Waals surface area contributed by atoms with Crippen molar-refractivity contribution in [1.29, 1.82) is 0 Å². The van der Waals surface area contributed by atoms with Gasteiger partial charge in [0.25, 0.3) is 0 Å². The van der Waals surface area contributed by atoms with Crippen molar-refractivity contribution in [1.82, 2.24) is 10.2 Å². The first kappa shape index (κ1) is 41.9. The molecule has 0 aromatic carbocycles. The molecule has 7 aliphatic rings. The highest BCUT2D eigenvalue weighted by atomic mass is 32.2. The van der Waals surface area contributed by atoms with Crippen LogP contribution in [0.1, 0.15) is 152 Å². The smallest absolute Gasteiger partial charge is 0.309 e. The Hall–Kier alpha value is -1.23. The summed E-state index contributed by atoms with van der Waals surface area (Å²) in [6.07, 6.45) is 14.5. The van der Waals surface area contributed by atoms with Gasteiger partial charge in [-0.2, -0.15) is 0 Å². The second-order valence-electron chi connectivity index (χ2n) is 22.6. The van der Waals surface area contributed by atoms with E-state index in [-0.39, 0.29) is 63.2 Å². The molecule has 7 rings (SSSR count). The number of aliphatic hydroxyl groups is 1. The molecule has 9 nitrogen and oxygen atoms in total. The highest BCUT2D eigenvalue weighted by Crippen LogP contribution is 2.77. The van der Waals surface area contributed by atoms with Gasteiger partial charge < -0.3 is 20.3 Å². The maximum atomic E-state index is 13.2. The first-order chi connectivity index (χ1) is 25.4. The quantitative estimate of drug-likeness (QED) is 0.182. The van der Waals surface area contributed by atoms with Crippen LogP contribution in [0.5, 0.6) is 0 Å². The van der Waals surface area contributed by atoms with Crippen molar-refractivity contribution < 1.29 is 33.0 Å². The van der Waals surface area contributed by atoms with Crippen molar-refractivity contribution in [2.75, 3.05) is 31.1 Å². The third-order valence-corrected chi connectivity index (χ3v) is 20.7. The van der Waals surface area contributed by atoms with E-state index in [0.717, 1.165) is 38.1 Å². The zero-order valence-electron chi connectivity index (χ0n) is 35.8. The Balaban J connectivity index is 1.10. The minimum Gasteiger partial charge on any atom is -0.481 e. The molecule has 1 heterocycles. The average molecular weight is 789 g/mol. The highest BCUT2D eigenvalue weighted by molar-refractivity contribution is 7.91. The van der Waals surface area contributed by atoms with E-state index >= 15 is 0 Å². The fraction of sp³-hybridized carbons (Fsp3) is 0.956. The maximum Gasteiger partial charge on any atom is 0.309 e. The zero-order chi connectivity index (χ0) is 40.2. The van der Waals surface area contributed by atoms with Crippen molar-refractivity contribution in [2.24, 2.45) is 62.1 Å². The number of carbonyl (C=O) groups is 2. The summed E-state index contributed by atoms with van der Waals surface area (Å²) in [6, 6.07) is -0.0328. The van der Waals surface area contributed by atoms with Crippen molar-refractivity contribution in [3.05, 3.63) is 0 Å². The number of aliphatic hydroxyl groups excluding tert-OH is 1. The molecular formula is C45H76N2O7S. The summed E-state index contributed by atoms with van der Waals surface area (Å²) in [5.41, 5.74) is -0.139. The van der Waals surface area contributed by atoms with E-state index in [4.69, 9.17) is 4.74 Å². The molecule has 0 spiro atoms. The van der Waals surface area contributed by atoms with Crippen molar-refractivity contribution >= 4 is 21.8 Å². The van der Waals surface area contributed by atoms with Crippen molar-refractivity contribution in [3.63, 3.8) is 0 Å². The Morgan fingerprint density at radius 2 is 1.51 bits per heavy atom. The number of carboxylic acid groups (broad SMARTS) is 1. The lowest BCUT2D eigenvalue weighted by molar-refractivity contribution is -0.248. The summed E-state index contributed by atoms with van der Waals surface area (Å²) in [6.45, 7) is 22.2. The normalized spacial score (nSPS) is 44.2. The monoisotopic (exact) mass is 789 g/mol.